The van der Waals surface area contributed by atoms with Crippen LogP contribution in [0.4, 0.5) is 4.79 Å². The molecule has 0 saturated carbocycles. The molecule has 1 aromatic rings. The lowest BCUT2D eigenvalue weighted by molar-refractivity contribution is -0.134. The van der Waals surface area contributed by atoms with Gasteiger partial charge in [-0.2, -0.15) is 0 Å². The van der Waals surface area contributed by atoms with E-state index >= 15 is 0 Å². The monoisotopic (exact) mass is 304 g/mol. The van der Waals surface area contributed by atoms with E-state index in [4.69, 9.17) is 9.47 Å². The minimum Gasteiger partial charge on any atom is -0.423 e. The van der Waals surface area contributed by atoms with E-state index in [0.717, 1.165) is 0 Å². The fourth-order valence-corrected chi connectivity index (χ4v) is 1.74. The second kappa shape index (κ2) is 6.08. The highest BCUT2D eigenvalue weighted by molar-refractivity contribution is 6.14. The van der Waals surface area contributed by atoms with Crippen molar-refractivity contribution in [2.24, 2.45) is 0 Å². The second-order valence-corrected chi connectivity index (χ2v) is 4.36. The number of ether oxygens (including phenoxy) is 2. The van der Waals surface area contributed by atoms with Gasteiger partial charge in [0.2, 0.25) is 0 Å². The van der Waals surface area contributed by atoms with Crippen LogP contribution in [0.15, 0.2) is 23.9 Å². The van der Waals surface area contributed by atoms with Gasteiger partial charge in [-0.25, -0.2) is 4.79 Å². The molecule has 0 radical (unpaired) electrons. The number of amides is 3. The molecule has 22 heavy (non-hydrogen) atoms. The Morgan fingerprint density at radius 1 is 1.00 bits per heavy atom. The Bertz CT molecular complexity index is 707. The zero-order valence-corrected chi connectivity index (χ0v) is 11.8. The third kappa shape index (κ3) is 3.69. The average Bonchev–Trinajstić information content (AvgIpc) is 2.70. The number of hydrogen-bond donors (Lipinski definition) is 2. The fraction of sp³-hybridized carbons (Fsp3) is 0.143. The summed E-state index contributed by atoms with van der Waals surface area (Å²) in [6.45, 7) is 2.42. The van der Waals surface area contributed by atoms with Crippen molar-refractivity contribution in [2.45, 2.75) is 13.8 Å². The first-order valence-electron chi connectivity index (χ1n) is 6.20. The smallest absolute Gasteiger partial charge is 0.326 e. The first-order chi connectivity index (χ1) is 10.3. The van der Waals surface area contributed by atoms with E-state index in [-0.39, 0.29) is 17.2 Å². The first kappa shape index (κ1) is 15.2. The Morgan fingerprint density at radius 3 is 2.18 bits per heavy atom. The topological polar surface area (TPSA) is 111 Å². The lowest BCUT2D eigenvalue weighted by Gasteiger charge is -2.09. The standard InChI is InChI=1S/C14H12N2O6/c1-7(17)21-11-4-3-9(6-12(11)22-8(2)18)5-10-13(19)16-14(20)15-10/h3-6H,1-2H3,(H2,15,16,19,20). The molecule has 1 heterocycles. The molecule has 0 atom stereocenters. The number of imide groups is 1. The van der Waals surface area contributed by atoms with Crippen molar-refractivity contribution in [3.05, 3.63) is 29.5 Å². The number of carbonyl (C=O) groups is 4. The Labute approximate surface area is 125 Å². The highest BCUT2D eigenvalue weighted by Gasteiger charge is 2.23. The minimum atomic E-state index is -0.618. The summed E-state index contributed by atoms with van der Waals surface area (Å²) in [5.74, 6) is -1.62. The van der Waals surface area contributed by atoms with E-state index in [2.05, 4.69) is 10.6 Å². The Morgan fingerprint density at radius 2 is 1.64 bits per heavy atom. The number of rotatable bonds is 3. The molecule has 3 amide bonds. The fourth-order valence-electron chi connectivity index (χ4n) is 1.74. The molecule has 2 rings (SSSR count). The van der Waals surface area contributed by atoms with Gasteiger partial charge >= 0.3 is 18.0 Å². The molecule has 114 valence electrons. The quantitative estimate of drug-likeness (QED) is 0.368. The number of esters is 2. The molecular formula is C14H12N2O6. The van der Waals surface area contributed by atoms with Gasteiger partial charge in [0, 0.05) is 13.8 Å². The van der Waals surface area contributed by atoms with Gasteiger partial charge in [-0.1, -0.05) is 6.07 Å². The molecule has 0 aromatic heterocycles. The van der Waals surface area contributed by atoms with Crippen molar-refractivity contribution in [1.82, 2.24) is 10.6 Å². The maximum atomic E-state index is 11.4. The van der Waals surface area contributed by atoms with E-state index in [9.17, 15) is 19.2 Å². The molecule has 1 aliphatic rings. The van der Waals surface area contributed by atoms with Crippen LogP contribution >= 0.6 is 0 Å². The van der Waals surface area contributed by atoms with Crippen molar-refractivity contribution < 1.29 is 28.7 Å². The number of benzene rings is 1. The van der Waals surface area contributed by atoms with Crippen molar-refractivity contribution in [1.29, 1.82) is 0 Å². The van der Waals surface area contributed by atoms with E-state index in [1.807, 2.05) is 0 Å². The Kier molecular flexibility index (Phi) is 4.21. The highest BCUT2D eigenvalue weighted by atomic mass is 16.6. The normalized spacial score (nSPS) is 15.3. The molecule has 8 heteroatoms. The lowest BCUT2D eigenvalue weighted by Crippen LogP contribution is -2.22. The lowest BCUT2D eigenvalue weighted by atomic mass is 10.1. The number of urea groups is 1. The Hall–Kier alpha value is -3.16. The van der Waals surface area contributed by atoms with Crippen LogP contribution in [0.25, 0.3) is 6.08 Å². The zero-order valence-electron chi connectivity index (χ0n) is 11.8. The third-order valence-electron chi connectivity index (χ3n) is 2.51. The zero-order chi connectivity index (χ0) is 16.3. The predicted octanol–water partition coefficient (Wildman–Crippen LogP) is 0.718. The molecule has 1 saturated heterocycles. The van der Waals surface area contributed by atoms with Crippen LogP contribution in [0.2, 0.25) is 0 Å². The molecule has 2 N–H and O–H groups in total. The van der Waals surface area contributed by atoms with E-state index < -0.39 is 23.9 Å². The predicted molar refractivity (Wildman–Crippen MR) is 73.7 cm³/mol. The summed E-state index contributed by atoms with van der Waals surface area (Å²) >= 11 is 0. The van der Waals surface area contributed by atoms with Crippen molar-refractivity contribution >= 4 is 30.0 Å². The Balaban J connectivity index is 2.35. The van der Waals surface area contributed by atoms with E-state index in [0.29, 0.717) is 5.56 Å². The summed E-state index contributed by atoms with van der Waals surface area (Å²) in [5.41, 5.74) is 0.526. The van der Waals surface area contributed by atoms with Gasteiger partial charge in [0.1, 0.15) is 5.70 Å². The van der Waals surface area contributed by atoms with Crippen molar-refractivity contribution in [2.75, 3.05) is 0 Å². The minimum absolute atomic E-state index is 0.0294. The SMILES string of the molecule is CC(=O)Oc1ccc(C=C2NC(=O)NC2=O)cc1OC(C)=O. The van der Waals surface area contributed by atoms with Crippen molar-refractivity contribution in [3.63, 3.8) is 0 Å². The van der Waals surface area contributed by atoms with Gasteiger partial charge in [0.05, 0.1) is 0 Å². The van der Waals surface area contributed by atoms with Crippen LogP contribution in [0.5, 0.6) is 11.5 Å². The summed E-state index contributed by atoms with van der Waals surface area (Å²) in [6, 6.07) is 3.74. The van der Waals surface area contributed by atoms with Crippen LogP contribution in [-0.4, -0.2) is 23.9 Å². The maximum absolute atomic E-state index is 11.4. The number of nitrogens with one attached hydrogen (secondary N) is 2. The summed E-state index contributed by atoms with van der Waals surface area (Å²) in [5, 5.41) is 4.39. The van der Waals surface area contributed by atoms with Crippen LogP contribution in [0, 0.1) is 0 Å². The molecule has 1 aliphatic heterocycles. The van der Waals surface area contributed by atoms with Gasteiger partial charge in [-0.15, -0.1) is 0 Å². The van der Waals surface area contributed by atoms with Gasteiger partial charge < -0.3 is 14.8 Å². The van der Waals surface area contributed by atoms with E-state index in [1.165, 1.54) is 38.1 Å². The molecule has 0 bridgehead atoms. The van der Waals surface area contributed by atoms with Crippen LogP contribution < -0.4 is 20.1 Å². The molecular weight excluding hydrogens is 292 g/mol. The van der Waals surface area contributed by atoms with Gasteiger partial charge in [0.15, 0.2) is 11.5 Å². The van der Waals surface area contributed by atoms with Gasteiger partial charge in [-0.3, -0.25) is 19.7 Å². The van der Waals surface area contributed by atoms with Crippen LogP contribution in [-0.2, 0) is 14.4 Å². The maximum Gasteiger partial charge on any atom is 0.326 e. The summed E-state index contributed by atoms with van der Waals surface area (Å²) in [4.78, 5) is 44.6. The number of hydrogen-bond acceptors (Lipinski definition) is 6. The summed E-state index contributed by atoms with van der Waals surface area (Å²) in [6.07, 6.45) is 1.39. The highest BCUT2D eigenvalue weighted by Crippen LogP contribution is 2.29. The largest absolute Gasteiger partial charge is 0.423 e. The van der Waals surface area contributed by atoms with Crippen LogP contribution in [0.1, 0.15) is 19.4 Å². The van der Waals surface area contributed by atoms with E-state index in [1.54, 1.807) is 0 Å². The summed E-state index contributed by atoms with van der Waals surface area (Å²) < 4.78 is 9.89. The molecule has 1 fully saturated rings. The molecule has 0 spiro atoms. The summed E-state index contributed by atoms with van der Waals surface area (Å²) in [7, 11) is 0. The molecule has 0 aliphatic carbocycles. The molecule has 0 unspecified atom stereocenters. The average molecular weight is 304 g/mol. The van der Waals surface area contributed by atoms with Crippen LogP contribution in [0.3, 0.4) is 0 Å². The third-order valence-corrected chi connectivity index (χ3v) is 2.51. The number of carbonyl (C=O) groups excluding carboxylic acids is 4. The molecule has 1 aromatic carbocycles. The van der Waals surface area contributed by atoms with Gasteiger partial charge in [-0.05, 0) is 23.8 Å². The molecule has 8 nitrogen and oxygen atoms in total. The second-order valence-electron chi connectivity index (χ2n) is 4.36. The van der Waals surface area contributed by atoms with Crippen molar-refractivity contribution in [3.8, 4) is 11.5 Å². The van der Waals surface area contributed by atoms with Gasteiger partial charge in [0.25, 0.3) is 5.91 Å². The first-order valence-corrected chi connectivity index (χ1v) is 6.20.